The first-order valence-electron chi connectivity index (χ1n) is 11.1. The number of hydrogen-bond donors (Lipinski definition) is 2. The smallest absolute Gasteiger partial charge is 0.256 e. The lowest BCUT2D eigenvalue weighted by molar-refractivity contribution is 0.0950. The number of pyridine rings is 1. The Bertz CT molecular complexity index is 973. The maximum absolute atomic E-state index is 12.9. The molecule has 0 aliphatic heterocycles. The fraction of sp³-hybridized carbons (Fsp3) is 0.458. The summed E-state index contributed by atoms with van der Waals surface area (Å²) in [7, 11) is 0. The number of nitrogens with zero attached hydrogens (tertiary/aromatic N) is 1. The van der Waals surface area contributed by atoms with Gasteiger partial charge in [-0.15, -0.1) is 0 Å². The number of rotatable bonds is 10. The quantitative estimate of drug-likeness (QED) is 0.449. The Hall–Kier alpha value is -3.09. The second-order valence-corrected chi connectivity index (χ2v) is 7.89. The Morgan fingerprint density at radius 2 is 1.84 bits per heavy atom. The van der Waals surface area contributed by atoms with E-state index >= 15 is 0 Å². The topological polar surface area (TPSA) is 93.3 Å². The molecular weight excluding hydrogens is 394 g/mol. The molecule has 0 aromatic carbocycles. The predicted molar refractivity (Wildman–Crippen MR) is 119 cm³/mol. The van der Waals surface area contributed by atoms with Gasteiger partial charge in [0.1, 0.15) is 16.9 Å². The summed E-state index contributed by atoms with van der Waals surface area (Å²) in [4.78, 5) is 38.3. The minimum atomic E-state index is -0.556. The van der Waals surface area contributed by atoms with E-state index in [0.29, 0.717) is 25.4 Å². The molecule has 0 atom stereocenters. The zero-order valence-electron chi connectivity index (χ0n) is 18.1. The average molecular weight is 426 g/mol. The first-order valence-corrected chi connectivity index (χ1v) is 11.1. The van der Waals surface area contributed by atoms with Gasteiger partial charge in [-0.25, -0.2) is 0 Å². The van der Waals surface area contributed by atoms with Gasteiger partial charge in [-0.05, 0) is 50.7 Å². The fourth-order valence-electron chi connectivity index (χ4n) is 3.67. The lowest BCUT2D eigenvalue weighted by Gasteiger charge is -2.14. The number of hydrogen-bond acceptors (Lipinski definition) is 4. The SMILES string of the molecule is CCCCNC(=O)c1cn(Cc2ccco2)cc(C(=O)NCCC2=CCCCC2)c1=O. The zero-order valence-corrected chi connectivity index (χ0v) is 18.1. The number of amides is 2. The van der Waals surface area contributed by atoms with Crippen molar-refractivity contribution in [3.05, 3.63) is 69.5 Å². The Balaban J connectivity index is 1.78. The molecule has 7 nitrogen and oxygen atoms in total. The van der Waals surface area contributed by atoms with Crippen LogP contribution >= 0.6 is 0 Å². The first-order chi connectivity index (χ1) is 15.1. The average Bonchev–Trinajstić information content (AvgIpc) is 3.28. The highest BCUT2D eigenvalue weighted by Crippen LogP contribution is 2.19. The Labute approximate surface area is 182 Å². The molecular formula is C24H31N3O4. The van der Waals surface area contributed by atoms with E-state index in [2.05, 4.69) is 16.7 Å². The minimum absolute atomic E-state index is 0.0349. The molecule has 2 aromatic rings. The van der Waals surface area contributed by atoms with Gasteiger partial charge in [-0.2, -0.15) is 0 Å². The number of allylic oxidation sites excluding steroid dienone is 1. The van der Waals surface area contributed by atoms with Crippen LogP contribution in [-0.2, 0) is 6.54 Å². The second-order valence-electron chi connectivity index (χ2n) is 7.89. The van der Waals surface area contributed by atoms with Gasteiger partial charge in [0.2, 0.25) is 5.43 Å². The van der Waals surface area contributed by atoms with Crippen LogP contribution in [0, 0.1) is 0 Å². The van der Waals surface area contributed by atoms with Crippen LogP contribution in [0.1, 0.15) is 78.3 Å². The largest absolute Gasteiger partial charge is 0.467 e. The van der Waals surface area contributed by atoms with Crippen LogP contribution < -0.4 is 16.1 Å². The number of unbranched alkanes of at least 4 members (excludes halogenated alkanes) is 1. The van der Waals surface area contributed by atoms with Crippen molar-refractivity contribution in [3.8, 4) is 0 Å². The summed E-state index contributed by atoms with van der Waals surface area (Å²) in [5.74, 6) is -0.261. The number of carbonyl (C=O) groups is 2. The highest BCUT2D eigenvalue weighted by Gasteiger charge is 2.19. The summed E-state index contributed by atoms with van der Waals surface area (Å²) in [6.45, 7) is 3.29. The Morgan fingerprint density at radius 1 is 1.10 bits per heavy atom. The summed E-state index contributed by atoms with van der Waals surface area (Å²) in [5, 5.41) is 5.61. The molecule has 2 heterocycles. The van der Waals surface area contributed by atoms with Crippen LogP contribution in [-0.4, -0.2) is 29.5 Å². The second kappa shape index (κ2) is 11.3. The molecule has 31 heavy (non-hydrogen) atoms. The van der Waals surface area contributed by atoms with Gasteiger partial charge >= 0.3 is 0 Å². The summed E-state index contributed by atoms with van der Waals surface area (Å²) in [6.07, 6.45) is 13.9. The molecule has 0 fully saturated rings. The number of nitrogens with one attached hydrogen (secondary N) is 2. The van der Waals surface area contributed by atoms with Crippen LogP contribution in [0.3, 0.4) is 0 Å². The van der Waals surface area contributed by atoms with Crippen LogP contribution in [0.4, 0.5) is 0 Å². The van der Waals surface area contributed by atoms with Crippen LogP contribution in [0.5, 0.6) is 0 Å². The molecule has 0 radical (unpaired) electrons. The molecule has 0 saturated carbocycles. The van der Waals surface area contributed by atoms with Crippen molar-refractivity contribution in [2.24, 2.45) is 0 Å². The van der Waals surface area contributed by atoms with Crippen molar-refractivity contribution in [2.75, 3.05) is 13.1 Å². The normalized spacial score (nSPS) is 13.5. The van der Waals surface area contributed by atoms with Crippen LogP contribution in [0.2, 0.25) is 0 Å². The maximum Gasteiger partial charge on any atom is 0.256 e. The van der Waals surface area contributed by atoms with Gasteiger partial charge in [0.25, 0.3) is 11.8 Å². The molecule has 0 saturated heterocycles. The van der Waals surface area contributed by atoms with Gasteiger partial charge in [-0.1, -0.05) is 25.0 Å². The first kappa shape index (κ1) is 22.6. The third-order valence-electron chi connectivity index (χ3n) is 5.42. The molecule has 166 valence electrons. The lowest BCUT2D eigenvalue weighted by atomic mass is 9.97. The number of aromatic nitrogens is 1. The molecule has 2 N–H and O–H groups in total. The summed E-state index contributed by atoms with van der Waals surface area (Å²) < 4.78 is 7.02. The van der Waals surface area contributed by atoms with Crippen LogP contribution in [0.15, 0.2) is 51.7 Å². The summed E-state index contributed by atoms with van der Waals surface area (Å²) in [5.41, 5.74) is 0.725. The van der Waals surface area contributed by atoms with E-state index in [1.165, 1.54) is 30.8 Å². The minimum Gasteiger partial charge on any atom is -0.467 e. The van der Waals surface area contributed by atoms with Gasteiger partial charge in [0.05, 0.1) is 12.8 Å². The molecule has 2 amide bonds. The van der Waals surface area contributed by atoms with Crippen molar-refractivity contribution >= 4 is 11.8 Å². The predicted octanol–water partition coefficient (Wildman–Crippen LogP) is 3.64. The van der Waals surface area contributed by atoms with Crippen molar-refractivity contribution < 1.29 is 14.0 Å². The number of carbonyl (C=O) groups excluding carboxylic acids is 2. The van der Waals surface area contributed by atoms with E-state index in [1.54, 1.807) is 23.0 Å². The van der Waals surface area contributed by atoms with Crippen molar-refractivity contribution in [3.63, 3.8) is 0 Å². The van der Waals surface area contributed by atoms with Crippen molar-refractivity contribution in [1.82, 2.24) is 15.2 Å². The highest BCUT2D eigenvalue weighted by molar-refractivity contribution is 5.99. The van der Waals surface area contributed by atoms with E-state index in [9.17, 15) is 14.4 Å². The third kappa shape index (κ3) is 6.44. The molecule has 3 rings (SSSR count). The molecule has 7 heteroatoms. The summed E-state index contributed by atoms with van der Waals surface area (Å²) >= 11 is 0. The van der Waals surface area contributed by atoms with E-state index in [1.807, 2.05) is 6.92 Å². The van der Waals surface area contributed by atoms with Gasteiger partial charge < -0.3 is 19.6 Å². The lowest BCUT2D eigenvalue weighted by Crippen LogP contribution is -2.36. The fourth-order valence-corrected chi connectivity index (χ4v) is 3.67. The molecule has 0 spiro atoms. The molecule has 1 aliphatic carbocycles. The van der Waals surface area contributed by atoms with E-state index in [0.717, 1.165) is 32.1 Å². The van der Waals surface area contributed by atoms with Crippen molar-refractivity contribution in [2.45, 2.75) is 58.4 Å². The standard InChI is InChI=1S/C24H31N3O4/c1-2-3-12-25-23(29)20-16-27(15-19-10-7-14-31-19)17-21(22(20)28)24(30)26-13-11-18-8-5-4-6-9-18/h7-8,10,14,16-17H,2-6,9,11-13,15H2,1H3,(H,25,29)(H,26,30). The molecule has 0 bridgehead atoms. The monoisotopic (exact) mass is 425 g/mol. The van der Waals surface area contributed by atoms with E-state index < -0.39 is 17.2 Å². The molecule has 1 aliphatic rings. The Morgan fingerprint density at radius 3 is 2.45 bits per heavy atom. The van der Waals surface area contributed by atoms with Crippen molar-refractivity contribution in [1.29, 1.82) is 0 Å². The van der Waals surface area contributed by atoms with E-state index in [-0.39, 0.29) is 11.1 Å². The zero-order chi connectivity index (χ0) is 22.1. The maximum atomic E-state index is 12.9. The Kier molecular flexibility index (Phi) is 8.27. The van der Waals surface area contributed by atoms with E-state index in [4.69, 9.17) is 4.42 Å². The van der Waals surface area contributed by atoms with Gasteiger partial charge in [0, 0.05) is 25.5 Å². The molecule has 2 aromatic heterocycles. The third-order valence-corrected chi connectivity index (χ3v) is 5.42. The summed E-state index contributed by atoms with van der Waals surface area (Å²) in [6, 6.07) is 3.57. The van der Waals surface area contributed by atoms with Gasteiger partial charge in [-0.3, -0.25) is 14.4 Å². The molecule has 0 unspecified atom stereocenters. The number of furan rings is 1. The van der Waals surface area contributed by atoms with Crippen LogP contribution in [0.25, 0.3) is 0 Å². The van der Waals surface area contributed by atoms with Gasteiger partial charge in [0.15, 0.2) is 0 Å². The highest BCUT2D eigenvalue weighted by atomic mass is 16.3.